The Kier molecular flexibility index (Phi) is 7.18. The number of aromatic carboxylic acids is 1. The zero-order valence-corrected chi connectivity index (χ0v) is 19.9. The Morgan fingerprint density at radius 3 is 2.62 bits per heavy atom. The second kappa shape index (κ2) is 10.1. The largest absolute Gasteiger partial charge is 0.491 e. The number of hydrogen-bond acceptors (Lipinski definition) is 7. The molecule has 2 aromatic rings. The number of carboxylic acids is 2. The number of hydrogen-bond donors (Lipinski definition) is 3. The number of aliphatic carboxylic acids is 1. The summed E-state index contributed by atoms with van der Waals surface area (Å²) in [5, 5.41) is 21.8. The number of nitrogens with one attached hydrogen (secondary N) is 1. The molecule has 10 heteroatoms. The van der Waals surface area contributed by atoms with Crippen molar-refractivity contribution in [2.24, 2.45) is 0 Å². The van der Waals surface area contributed by atoms with Gasteiger partial charge in [-0.25, -0.2) is 4.79 Å². The second-order valence-electron chi connectivity index (χ2n) is 8.44. The zero-order chi connectivity index (χ0) is 24.4. The van der Waals surface area contributed by atoms with Crippen LogP contribution in [0.25, 0.3) is 11.3 Å². The predicted octanol–water partition coefficient (Wildman–Crippen LogP) is 4.02. The van der Waals surface area contributed by atoms with Crippen molar-refractivity contribution in [2.75, 3.05) is 32.2 Å². The number of carboxylic acid groups (broad SMARTS) is 2. The van der Waals surface area contributed by atoms with Gasteiger partial charge in [-0.05, 0) is 43.5 Å². The Hall–Kier alpha value is -2.98. The monoisotopic (exact) mass is 488 g/mol. The Balaban J connectivity index is 1.82. The van der Waals surface area contributed by atoms with Gasteiger partial charge in [-0.2, -0.15) is 0 Å². The first kappa shape index (κ1) is 24.2. The van der Waals surface area contributed by atoms with Gasteiger partial charge in [0.25, 0.3) is 5.56 Å². The van der Waals surface area contributed by atoms with E-state index in [0.29, 0.717) is 31.1 Å². The first-order valence-electron chi connectivity index (χ1n) is 11.3. The highest BCUT2D eigenvalue weighted by Gasteiger charge is 2.35. The molecule has 0 bridgehead atoms. The molecule has 1 unspecified atom stereocenters. The van der Waals surface area contributed by atoms with Crippen molar-refractivity contribution in [1.82, 2.24) is 4.57 Å². The lowest BCUT2D eigenvalue weighted by Gasteiger charge is -2.29. The number of aromatic nitrogens is 1. The Morgan fingerprint density at radius 2 is 1.97 bits per heavy atom. The summed E-state index contributed by atoms with van der Waals surface area (Å²) in [5.41, 5.74) is 2.31. The summed E-state index contributed by atoms with van der Waals surface area (Å²) >= 11 is 1.58. The molecule has 3 N–H and O–H groups in total. The molecule has 182 valence electrons. The van der Waals surface area contributed by atoms with Crippen molar-refractivity contribution in [3.05, 3.63) is 39.7 Å². The normalized spacial score (nSPS) is 16.5. The molecule has 0 amide bonds. The molecule has 1 atom stereocenters. The molecule has 1 fully saturated rings. The summed E-state index contributed by atoms with van der Waals surface area (Å²) in [6.07, 6.45) is 2.30. The number of thioether (sulfide) groups is 1. The van der Waals surface area contributed by atoms with Gasteiger partial charge in [-0.15, -0.1) is 11.8 Å². The number of nitrogens with zero attached hydrogens (tertiary/aromatic N) is 1. The topological polar surface area (TPSA) is 127 Å². The molecule has 1 aromatic heterocycles. The highest BCUT2D eigenvalue weighted by atomic mass is 32.2. The molecule has 0 spiro atoms. The van der Waals surface area contributed by atoms with Crippen molar-refractivity contribution in [3.8, 4) is 17.0 Å². The fraction of sp³-hybridized carbons (Fsp3) is 0.458. The Morgan fingerprint density at radius 1 is 1.21 bits per heavy atom. The second-order valence-corrected chi connectivity index (χ2v) is 9.83. The first-order chi connectivity index (χ1) is 16.3. The third kappa shape index (κ3) is 4.92. The van der Waals surface area contributed by atoms with E-state index >= 15 is 0 Å². The van der Waals surface area contributed by atoms with E-state index in [9.17, 15) is 19.5 Å². The van der Waals surface area contributed by atoms with E-state index in [4.69, 9.17) is 14.6 Å². The molecule has 34 heavy (non-hydrogen) atoms. The SMILES string of the molecule is COCCCOc1cc2c(cc1NCCC(=O)O)-c1c(cc(C(=O)O)c(=O)n1C1CC1)C(C)S2. The number of rotatable bonds is 11. The Labute approximate surface area is 201 Å². The van der Waals surface area contributed by atoms with E-state index in [1.54, 1.807) is 23.4 Å². The lowest BCUT2D eigenvalue weighted by Crippen LogP contribution is -2.29. The van der Waals surface area contributed by atoms with Crippen LogP contribution in [0.4, 0.5) is 5.69 Å². The van der Waals surface area contributed by atoms with Crippen LogP contribution in [0.1, 0.15) is 59.8 Å². The third-order valence-corrected chi connectivity index (χ3v) is 7.09. The summed E-state index contributed by atoms with van der Waals surface area (Å²) in [5.74, 6) is -1.53. The molecular formula is C24H28N2O7S. The van der Waals surface area contributed by atoms with Crippen LogP contribution >= 0.6 is 11.8 Å². The summed E-state index contributed by atoms with van der Waals surface area (Å²) < 4.78 is 12.7. The molecule has 1 aromatic carbocycles. The number of anilines is 1. The molecule has 2 heterocycles. The number of carbonyl (C=O) groups is 2. The minimum absolute atomic E-state index is 0.0166. The van der Waals surface area contributed by atoms with Crippen molar-refractivity contribution in [1.29, 1.82) is 0 Å². The van der Waals surface area contributed by atoms with Crippen LogP contribution in [0.2, 0.25) is 0 Å². The predicted molar refractivity (Wildman–Crippen MR) is 128 cm³/mol. The third-order valence-electron chi connectivity index (χ3n) is 5.89. The van der Waals surface area contributed by atoms with Gasteiger partial charge in [-0.3, -0.25) is 9.59 Å². The van der Waals surface area contributed by atoms with Gasteiger partial charge < -0.3 is 29.6 Å². The lowest BCUT2D eigenvalue weighted by molar-refractivity contribution is -0.136. The lowest BCUT2D eigenvalue weighted by atomic mass is 9.99. The smallest absolute Gasteiger partial charge is 0.341 e. The molecule has 0 radical (unpaired) electrons. The van der Waals surface area contributed by atoms with Crippen LogP contribution in [-0.4, -0.2) is 53.6 Å². The van der Waals surface area contributed by atoms with Crippen LogP contribution in [0.3, 0.4) is 0 Å². The molecular weight excluding hydrogens is 460 g/mol. The van der Waals surface area contributed by atoms with Crippen molar-refractivity contribution < 1.29 is 29.3 Å². The van der Waals surface area contributed by atoms with Gasteiger partial charge in [0.15, 0.2) is 0 Å². The first-order valence-corrected chi connectivity index (χ1v) is 12.1. The average molecular weight is 489 g/mol. The van der Waals surface area contributed by atoms with E-state index in [-0.39, 0.29) is 29.8 Å². The summed E-state index contributed by atoms with van der Waals surface area (Å²) in [7, 11) is 1.63. The number of pyridine rings is 1. The average Bonchev–Trinajstić information content (AvgIpc) is 3.61. The molecule has 1 aliphatic heterocycles. The minimum Gasteiger partial charge on any atom is -0.491 e. The van der Waals surface area contributed by atoms with E-state index in [2.05, 4.69) is 5.32 Å². The maximum Gasteiger partial charge on any atom is 0.341 e. The van der Waals surface area contributed by atoms with E-state index in [0.717, 1.165) is 34.6 Å². The fourth-order valence-electron chi connectivity index (χ4n) is 4.13. The standard InChI is InChI=1S/C24H28N2O7S/c1-13-15-10-17(24(30)31)23(29)26(14-4-5-14)22(15)16-11-18(25-7-6-21(27)28)19(12-20(16)34-13)33-9-3-8-32-2/h10-14,25H,3-9H2,1-2H3,(H,27,28)(H,30,31). The molecule has 0 saturated heterocycles. The van der Waals surface area contributed by atoms with Crippen LogP contribution < -0.4 is 15.6 Å². The number of methoxy groups -OCH3 is 1. The maximum atomic E-state index is 13.1. The molecule has 1 aliphatic carbocycles. The van der Waals surface area contributed by atoms with E-state index < -0.39 is 17.5 Å². The molecule has 2 aliphatic rings. The van der Waals surface area contributed by atoms with Gasteiger partial charge >= 0.3 is 11.9 Å². The van der Waals surface area contributed by atoms with Crippen LogP contribution in [0, 0.1) is 0 Å². The van der Waals surface area contributed by atoms with Gasteiger partial charge in [-0.1, -0.05) is 0 Å². The number of ether oxygens (including phenoxy) is 2. The van der Waals surface area contributed by atoms with Crippen LogP contribution in [0.5, 0.6) is 5.75 Å². The highest BCUT2D eigenvalue weighted by molar-refractivity contribution is 7.99. The fourth-order valence-corrected chi connectivity index (χ4v) is 5.28. The van der Waals surface area contributed by atoms with Gasteiger partial charge in [0.1, 0.15) is 11.3 Å². The highest BCUT2D eigenvalue weighted by Crippen LogP contribution is 2.53. The summed E-state index contributed by atoms with van der Waals surface area (Å²) in [6.45, 7) is 3.21. The minimum atomic E-state index is -1.22. The maximum absolute atomic E-state index is 13.1. The van der Waals surface area contributed by atoms with Crippen molar-refractivity contribution in [2.45, 2.75) is 48.8 Å². The summed E-state index contributed by atoms with van der Waals surface area (Å²) in [4.78, 5) is 36.9. The molecule has 9 nitrogen and oxygen atoms in total. The Bertz CT molecular complexity index is 1170. The van der Waals surface area contributed by atoms with Gasteiger partial charge in [0, 0.05) is 48.4 Å². The van der Waals surface area contributed by atoms with Crippen LogP contribution in [0.15, 0.2) is 27.9 Å². The molecule has 1 saturated carbocycles. The zero-order valence-electron chi connectivity index (χ0n) is 19.1. The van der Waals surface area contributed by atoms with Crippen molar-refractivity contribution in [3.63, 3.8) is 0 Å². The van der Waals surface area contributed by atoms with E-state index in [1.165, 1.54) is 6.07 Å². The number of fused-ring (bicyclic) bond motifs is 3. The van der Waals surface area contributed by atoms with Crippen molar-refractivity contribution >= 4 is 29.4 Å². The quantitative estimate of drug-likeness (QED) is 0.402. The summed E-state index contributed by atoms with van der Waals surface area (Å²) in [6, 6.07) is 5.30. The number of benzene rings is 1. The van der Waals surface area contributed by atoms with E-state index in [1.807, 2.05) is 19.1 Å². The van der Waals surface area contributed by atoms with Gasteiger partial charge in [0.05, 0.1) is 24.4 Å². The molecule has 4 rings (SSSR count). The van der Waals surface area contributed by atoms with Gasteiger partial charge in [0.2, 0.25) is 0 Å². The van der Waals surface area contributed by atoms with Crippen LogP contribution in [-0.2, 0) is 9.53 Å².